The third-order valence-corrected chi connectivity index (χ3v) is 3.91. The number of rotatable bonds is 8. The van der Waals surface area contributed by atoms with Gasteiger partial charge in [0.05, 0.1) is 25.4 Å². The number of β-amino-alcohol motifs (C(OH)–C–C–N with tert-alkyl or cyclic N) is 1. The summed E-state index contributed by atoms with van der Waals surface area (Å²) >= 11 is 0. The Kier molecular flexibility index (Phi) is 6.04. The molecular formula is C14H28N2O3. The molecule has 0 radical (unpaired) electrons. The summed E-state index contributed by atoms with van der Waals surface area (Å²) in [6.45, 7) is 8.10. The molecular weight excluding hydrogens is 244 g/mol. The van der Waals surface area contributed by atoms with Crippen molar-refractivity contribution in [2.75, 3.05) is 53.0 Å². The molecule has 0 spiro atoms. The van der Waals surface area contributed by atoms with Crippen molar-refractivity contribution in [3.8, 4) is 0 Å². The molecule has 1 N–H and O–H groups in total. The van der Waals surface area contributed by atoms with Gasteiger partial charge in [-0.05, 0) is 19.8 Å². The van der Waals surface area contributed by atoms with E-state index >= 15 is 0 Å². The average molecular weight is 272 g/mol. The molecule has 0 aromatic carbocycles. The monoisotopic (exact) mass is 272 g/mol. The van der Waals surface area contributed by atoms with Gasteiger partial charge >= 0.3 is 0 Å². The van der Waals surface area contributed by atoms with Crippen LogP contribution in [0, 0.1) is 0 Å². The third-order valence-electron chi connectivity index (χ3n) is 3.91. The van der Waals surface area contributed by atoms with Gasteiger partial charge in [-0.3, -0.25) is 9.80 Å². The first-order valence-electron chi connectivity index (χ1n) is 7.44. The maximum absolute atomic E-state index is 9.98. The van der Waals surface area contributed by atoms with E-state index in [0.717, 1.165) is 38.8 Å². The van der Waals surface area contributed by atoms with Crippen LogP contribution in [0.25, 0.3) is 0 Å². The topological polar surface area (TPSA) is 45.2 Å². The summed E-state index contributed by atoms with van der Waals surface area (Å²) in [5.41, 5.74) is 0. The zero-order valence-corrected chi connectivity index (χ0v) is 12.3. The summed E-state index contributed by atoms with van der Waals surface area (Å²) in [7, 11) is 1.66. The molecule has 0 aromatic rings. The molecule has 2 unspecified atom stereocenters. The second-order valence-electron chi connectivity index (χ2n) is 5.82. The second kappa shape index (κ2) is 7.55. The fourth-order valence-electron chi connectivity index (χ4n) is 2.66. The maximum atomic E-state index is 9.98. The fourth-order valence-corrected chi connectivity index (χ4v) is 2.66. The molecule has 2 fully saturated rings. The zero-order chi connectivity index (χ0) is 13.7. The van der Waals surface area contributed by atoms with Gasteiger partial charge in [0.15, 0.2) is 0 Å². The minimum absolute atomic E-state index is 0.0476. The molecule has 0 amide bonds. The maximum Gasteiger partial charge on any atom is 0.0900 e. The highest BCUT2D eigenvalue weighted by atomic mass is 16.5. The number of aliphatic hydroxyl groups excluding tert-OH is 1. The van der Waals surface area contributed by atoms with Crippen LogP contribution in [0.2, 0.25) is 0 Å². The molecule has 5 nitrogen and oxygen atoms in total. The van der Waals surface area contributed by atoms with Crippen LogP contribution < -0.4 is 0 Å². The average Bonchev–Trinajstić information content (AvgIpc) is 3.22. The quantitative estimate of drug-likeness (QED) is 0.683. The van der Waals surface area contributed by atoms with Crippen LogP contribution in [-0.2, 0) is 9.47 Å². The molecule has 5 heteroatoms. The first kappa shape index (κ1) is 15.2. The van der Waals surface area contributed by atoms with E-state index in [0.29, 0.717) is 13.2 Å². The van der Waals surface area contributed by atoms with Gasteiger partial charge in [0, 0.05) is 45.9 Å². The Hall–Kier alpha value is -0.200. The van der Waals surface area contributed by atoms with Crippen molar-refractivity contribution >= 4 is 0 Å². The van der Waals surface area contributed by atoms with Gasteiger partial charge in [-0.25, -0.2) is 0 Å². The smallest absolute Gasteiger partial charge is 0.0900 e. The van der Waals surface area contributed by atoms with E-state index in [1.807, 2.05) is 6.92 Å². The summed E-state index contributed by atoms with van der Waals surface area (Å²) in [5.74, 6) is 0. The lowest BCUT2D eigenvalue weighted by molar-refractivity contribution is -0.0428. The van der Waals surface area contributed by atoms with Gasteiger partial charge in [0.25, 0.3) is 0 Å². The van der Waals surface area contributed by atoms with Crippen molar-refractivity contribution < 1.29 is 14.6 Å². The molecule has 112 valence electrons. The van der Waals surface area contributed by atoms with Crippen LogP contribution in [0.5, 0.6) is 0 Å². The van der Waals surface area contributed by atoms with Crippen molar-refractivity contribution in [1.82, 2.24) is 9.80 Å². The minimum atomic E-state index is -0.396. The Bertz CT molecular complexity index is 253. The van der Waals surface area contributed by atoms with Gasteiger partial charge in [0.1, 0.15) is 0 Å². The Labute approximate surface area is 116 Å². The SMILES string of the molecule is COCC(C)OCC(O)CN1CCN(C2CC2)CC1. The largest absolute Gasteiger partial charge is 0.389 e. The second-order valence-corrected chi connectivity index (χ2v) is 5.82. The number of piperazine rings is 1. The van der Waals surface area contributed by atoms with Crippen LogP contribution in [-0.4, -0.2) is 86.2 Å². The predicted octanol–water partition coefficient (Wildman–Crippen LogP) is 0.179. The summed E-state index contributed by atoms with van der Waals surface area (Å²) in [4.78, 5) is 4.92. The van der Waals surface area contributed by atoms with Crippen LogP contribution in [0.1, 0.15) is 19.8 Å². The van der Waals surface area contributed by atoms with E-state index in [-0.39, 0.29) is 6.10 Å². The number of methoxy groups -OCH3 is 1. The number of ether oxygens (including phenoxy) is 2. The minimum Gasteiger partial charge on any atom is -0.389 e. The van der Waals surface area contributed by atoms with Gasteiger partial charge in [-0.1, -0.05) is 0 Å². The van der Waals surface area contributed by atoms with Crippen LogP contribution in [0.4, 0.5) is 0 Å². The molecule has 1 saturated heterocycles. The normalized spacial score (nSPS) is 25.4. The van der Waals surface area contributed by atoms with Gasteiger partial charge in [0.2, 0.25) is 0 Å². The Morgan fingerprint density at radius 1 is 1.16 bits per heavy atom. The van der Waals surface area contributed by atoms with E-state index in [1.165, 1.54) is 12.8 Å². The molecule has 1 heterocycles. The summed E-state index contributed by atoms with van der Waals surface area (Å²) in [6.07, 6.45) is 2.42. The highest BCUT2D eigenvalue weighted by Crippen LogP contribution is 2.27. The highest BCUT2D eigenvalue weighted by Gasteiger charge is 2.31. The number of hydrogen-bond acceptors (Lipinski definition) is 5. The third kappa shape index (κ3) is 5.36. The van der Waals surface area contributed by atoms with Crippen molar-refractivity contribution in [1.29, 1.82) is 0 Å². The zero-order valence-electron chi connectivity index (χ0n) is 12.3. The van der Waals surface area contributed by atoms with E-state index in [1.54, 1.807) is 7.11 Å². The number of aliphatic hydroxyl groups is 1. The van der Waals surface area contributed by atoms with E-state index in [4.69, 9.17) is 9.47 Å². The summed E-state index contributed by atoms with van der Waals surface area (Å²) in [5, 5.41) is 9.98. The molecule has 19 heavy (non-hydrogen) atoms. The van der Waals surface area contributed by atoms with Gasteiger partial charge in [-0.15, -0.1) is 0 Å². The molecule has 2 rings (SSSR count). The van der Waals surface area contributed by atoms with Crippen molar-refractivity contribution in [3.63, 3.8) is 0 Å². The molecule has 2 atom stereocenters. The molecule has 1 saturated carbocycles. The van der Waals surface area contributed by atoms with E-state index < -0.39 is 6.10 Å². The first-order valence-corrected chi connectivity index (χ1v) is 7.44. The van der Waals surface area contributed by atoms with E-state index in [2.05, 4.69) is 9.80 Å². The van der Waals surface area contributed by atoms with Gasteiger partial charge in [-0.2, -0.15) is 0 Å². The van der Waals surface area contributed by atoms with Crippen LogP contribution in [0.3, 0.4) is 0 Å². The van der Waals surface area contributed by atoms with E-state index in [9.17, 15) is 5.11 Å². The number of hydrogen-bond donors (Lipinski definition) is 1. The summed E-state index contributed by atoms with van der Waals surface area (Å²) in [6, 6.07) is 0.866. The summed E-state index contributed by atoms with van der Waals surface area (Å²) < 4.78 is 10.5. The fraction of sp³-hybridized carbons (Fsp3) is 1.00. The van der Waals surface area contributed by atoms with Gasteiger partial charge < -0.3 is 14.6 Å². The Morgan fingerprint density at radius 2 is 1.84 bits per heavy atom. The predicted molar refractivity (Wildman–Crippen MR) is 74.3 cm³/mol. The standard InChI is InChI=1S/C14H28N2O3/c1-12(10-18-2)19-11-14(17)9-15-5-7-16(8-6-15)13-3-4-13/h12-14,17H,3-11H2,1-2H3. The lowest BCUT2D eigenvalue weighted by Gasteiger charge is -2.35. The lowest BCUT2D eigenvalue weighted by Crippen LogP contribution is -2.49. The van der Waals surface area contributed by atoms with Crippen molar-refractivity contribution in [2.45, 2.75) is 38.0 Å². The molecule has 0 bridgehead atoms. The molecule has 1 aliphatic heterocycles. The van der Waals surface area contributed by atoms with Crippen LogP contribution in [0.15, 0.2) is 0 Å². The van der Waals surface area contributed by atoms with Crippen molar-refractivity contribution in [2.24, 2.45) is 0 Å². The molecule has 1 aliphatic carbocycles. The highest BCUT2D eigenvalue weighted by molar-refractivity contribution is 4.87. The molecule has 2 aliphatic rings. The first-order chi connectivity index (χ1) is 9.19. The lowest BCUT2D eigenvalue weighted by atomic mass is 10.2. The van der Waals surface area contributed by atoms with Crippen molar-refractivity contribution in [3.05, 3.63) is 0 Å². The number of nitrogens with zero attached hydrogens (tertiary/aromatic N) is 2. The van der Waals surface area contributed by atoms with Crippen LogP contribution >= 0.6 is 0 Å². The Morgan fingerprint density at radius 3 is 2.42 bits per heavy atom. The Balaban J connectivity index is 1.56. The molecule has 0 aromatic heterocycles.